The van der Waals surface area contributed by atoms with Crippen LogP contribution in [-0.4, -0.2) is 43.3 Å². The van der Waals surface area contributed by atoms with E-state index in [4.69, 9.17) is 9.47 Å². The number of esters is 1. The second-order valence-electron chi connectivity index (χ2n) is 3.43. The van der Waals surface area contributed by atoms with Gasteiger partial charge in [-0.25, -0.2) is 0 Å². The van der Waals surface area contributed by atoms with Crippen molar-refractivity contribution in [1.82, 2.24) is 0 Å². The van der Waals surface area contributed by atoms with Gasteiger partial charge < -0.3 is 19.3 Å². The highest BCUT2D eigenvalue weighted by atomic mass is 16.7. The standard InChI is InChI=1S/C9H18O5/c1-7(10)13-5-6-14-8(12-4)9(2,3)11/h8,11H,5-6H2,1-4H3. The van der Waals surface area contributed by atoms with E-state index in [1.54, 1.807) is 13.8 Å². The molecule has 0 saturated heterocycles. The molecule has 84 valence electrons. The Morgan fingerprint density at radius 3 is 2.36 bits per heavy atom. The molecule has 14 heavy (non-hydrogen) atoms. The van der Waals surface area contributed by atoms with E-state index in [1.165, 1.54) is 14.0 Å². The molecule has 0 rings (SSSR count). The Hall–Kier alpha value is -0.650. The number of hydrogen-bond donors (Lipinski definition) is 1. The Labute approximate surface area is 84.0 Å². The van der Waals surface area contributed by atoms with E-state index in [0.717, 1.165) is 0 Å². The van der Waals surface area contributed by atoms with E-state index in [1.807, 2.05) is 0 Å². The van der Waals surface area contributed by atoms with Crippen LogP contribution in [0.1, 0.15) is 20.8 Å². The summed E-state index contributed by atoms with van der Waals surface area (Å²) in [6, 6.07) is 0. The molecule has 0 aromatic heterocycles. The summed E-state index contributed by atoms with van der Waals surface area (Å²) in [4.78, 5) is 10.4. The Morgan fingerprint density at radius 1 is 1.43 bits per heavy atom. The molecule has 0 heterocycles. The first-order valence-corrected chi connectivity index (χ1v) is 4.38. The molecule has 0 radical (unpaired) electrons. The molecule has 5 nitrogen and oxygen atoms in total. The van der Waals surface area contributed by atoms with Gasteiger partial charge in [-0.3, -0.25) is 4.79 Å². The van der Waals surface area contributed by atoms with E-state index in [2.05, 4.69) is 4.74 Å². The summed E-state index contributed by atoms with van der Waals surface area (Å²) in [5.41, 5.74) is -1.08. The highest BCUT2D eigenvalue weighted by Gasteiger charge is 2.27. The fourth-order valence-corrected chi connectivity index (χ4v) is 0.901. The minimum absolute atomic E-state index is 0.158. The lowest BCUT2D eigenvalue weighted by Crippen LogP contribution is -2.40. The summed E-state index contributed by atoms with van der Waals surface area (Å²) >= 11 is 0. The quantitative estimate of drug-likeness (QED) is 0.385. The normalized spacial score (nSPS) is 13.8. The van der Waals surface area contributed by atoms with Crippen molar-refractivity contribution < 1.29 is 24.1 Å². The minimum Gasteiger partial charge on any atom is -0.463 e. The number of carbonyl (C=O) groups excluding carboxylic acids is 1. The highest BCUT2D eigenvalue weighted by Crippen LogP contribution is 2.12. The van der Waals surface area contributed by atoms with Gasteiger partial charge in [0.1, 0.15) is 12.2 Å². The van der Waals surface area contributed by atoms with E-state index in [0.29, 0.717) is 0 Å². The average molecular weight is 206 g/mol. The maximum absolute atomic E-state index is 10.4. The number of carbonyl (C=O) groups is 1. The number of methoxy groups -OCH3 is 1. The molecule has 0 aromatic carbocycles. The fourth-order valence-electron chi connectivity index (χ4n) is 0.901. The second kappa shape index (κ2) is 5.95. The maximum Gasteiger partial charge on any atom is 0.302 e. The van der Waals surface area contributed by atoms with Crippen molar-refractivity contribution in [3.05, 3.63) is 0 Å². The molecule has 1 unspecified atom stereocenters. The van der Waals surface area contributed by atoms with Crippen LogP contribution < -0.4 is 0 Å². The van der Waals surface area contributed by atoms with E-state index < -0.39 is 11.9 Å². The van der Waals surface area contributed by atoms with Crippen LogP contribution in [0.25, 0.3) is 0 Å². The average Bonchev–Trinajstić information content (AvgIpc) is 2.01. The summed E-state index contributed by atoms with van der Waals surface area (Å²) in [5.74, 6) is -0.356. The summed E-state index contributed by atoms with van der Waals surface area (Å²) in [5, 5.41) is 9.53. The molecule has 0 amide bonds. The molecule has 0 saturated carbocycles. The van der Waals surface area contributed by atoms with Crippen molar-refractivity contribution in [2.24, 2.45) is 0 Å². The van der Waals surface area contributed by atoms with Gasteiger partial charge in [-0.15, -0.1) is 0 Å². The zero-order valence-electron chi connectivity index (χ0n) is 9.07. The molecule has 5 heteroatoms. The van der Waals surface area contributed by atoms with Gasteiger partial charge in [-0.2, -0.15) is 0 Å². The lowest BCUT2D eigenvalue weighted by molar-refractivity contribution is -0.218. The topological polar surface area (TPSA) is 65.0 Å². The first-order valence-electron chi connectivity index (χ1n) is 4.38. The van der Waals surface area contributed by atoms with E-state index >= 15 is 0 Å². The van der Waals surface area contributed by atoms with E-state index in [9.17, 15) is 9.90 Å². The van der Waals surface area contributed by atoms with Crippen LogP contribution >= 0.6 is 0 Å². The molecule has 0 spiro atoms. The first kappa shape index (κ1) is 13.4. The van der Waals surface area contributed by atoms with Gasteiger partial charge in [0.05, 0.1) is 6.61 Å². The van der Waals surface area contributed by atoms with Crippen LogP contribution in [0.4, 0.5) is 0 Å². The van der Waals surface area contributed by atoms with Crippen LogP contribution in [0.2, 0.25) is 0 Å². The largest absolute Gasteiger partial charge is 0.463 e. The van der Waals surface area contributed by atoms with Gasteiger partial charge >= 0.3 is 5.97 Å². The maximum atomic E-state index is 10.4. The van der Waals surface area contributed by atoms with Crippen LogP contribution in [-0.2, 0) is 19.0 Å². The fraction of sp³-hybridized carbons (Fsp3) is 0.889. The highest BCUT2D eigenvalue weighted by molar-refractivity contribution is 5.65. The van der Waals surface area contributed by atoms with Crippen molar-refractivity contribution in [3.63, 3.8) is 0 Å². The Balaban J connectivity index is 3.69. The Bertz CT molecular complexity index is 173. The predicted molar refractivity (Wildman–Crippen MR) is 49.7 cm³/mol. The van der Waals surface area contributed by atoms with Crippen molar-refractivity contribution in [2.45, 2.75) is 32.7 Å². The van der Waals surface area contributed by atoms with Gasteiger partial charge in [0.15, 0.2) is 6.29 Å². The molecule has 0 aliphatic carbocycles. The lowest BCUT2D eigenvalue weighted by atomic mass is 10.1. The molecule has 0 fully saturated rings. The molecule has 1 N–H and O–H groups in total. The molecular weight excluding hydrogens is 188 g/mol. The summed E-state index contributed by atoms with van der Waals surface area (Å²) < 4.78 is 14.7. The molecule has 0 aromatic rings. The Kier molecular flexibility index (Phi) is 5.68. The van der Waals surface area contributed by atoms with Gasteiger partial charge in [0.2, 0.25) is 0 Å². The zero-order valence-corrected chi connectivity index (χ0v) is 9.07. The van der Waals surface area contributed by atoms with Gasteiger partial charge in [0.25, 0.3) is 0 Å². The van der Waals surface area contributed by atoms with Crippen LogP contribution in [0.5, 0.6) is 0 Å². The van der Waals surface area contributed by atoms with Crippen LogP contribution in [0, 0.1) is 0 Å². The number of hydrogen-bond acceptors (Lipinski definition) is 5. The zero-order chi connectivity index (χ0) is 11.2. The molecule has 1 atom stereocenters. The van der Waals surface area contributed by atoms with Crippen molar-refractivity contribution in [2.75, 3.05) is 20.3 Å². The van der Waals surface area contributed by atoms with Crippen LogP contribution in [0.3, 0.4) is 0 Å². The summed E-state index contributed by atoms with van der Waals surface area (Å²) in [7, 11) is 1.44. The summed E-state index contributed by atoms with van der Waals surface area (Å²) in [6.07, 6.45) is -0.724. The predicted octanol–water partition coefficient (Wildman–Crippen LogP) is 0.310. The third kappa shape index (κ3) is 5.90. The molecule has 0 aliphatic rings. The SMILES string of the molecule is COC(OCCOC(C)=O)C(C)(C)O. The number of ether oxygens (including phenoxy) is 3. The summed E-state index contributed by atoms with van der Waals surface area (Å²) in [6.45, 7) is 4.83. The lowest BCUT2D eigenvalue weighted by Gasteiger charge is -2.27. The molecule has 0 bridgehead atoms. The number of aliphatic hydroxyl groups is 1. The minimum atomic E-state index is -1.08. The van der Waals surface area contributed by atoms with E-state index in [-0.39, 0.29) is 19.2 Å². The van der Waals surface area contributed by atoms with Crippen molar-refractivity contribution in [1.29, 1.82) is 0 Å². The first-order chi connectivity index (χ1) is 6.38. The third-order valence-electron chi connectivity index (χ3n) is 1.45. The van der Waals surface area contributed by atoms with Gasteiger partial charge in [0, 0.05) is 14.0 Å². The third-order valence-corrected chi connectivity index (χ3v) is 1.45. The van der Waals surface area contributed by atoms with Gasteiger partial charge in [-0.1, -0.05) is 0 Å². The second-order valence-corrected chi connectivity index (χ2v) is 3.43. The number of rotatable bonds is 6. The van der Waals surface area contributed by atoms with Gasteiger partial charge in [-0.05, 0) is 13.8 Å². The molecular formula is C9H18O5. The van der Waals surface area contributed by atoms with Crippen LogP contribution in [0.15, 0.2) is 0 Å². The Morgan fingerprint density at radius 2 is 2.00 bits per heavy atom. The smallest absolute Gasteiger partial charge is 0.302 e. The molecule has 0 aliphatic heterocycles. The van der Waals surface area contributed by atoms with Crippen molar-refractivity contribution >= 4 is 5.97 Å². The van der Waals surface area contributed by atoms with Crippen molar-refractivity contribution in [3.8, 4) is 0 Å². The monoisotopic (exact) mass is 206 g/mol.